The summed E-state index contributed by atoms with van der Waals surface area (Å²) in [4.78, 5) is 18.2. The quantitative estimate of drug-likeness (QED) is 0.176. The van der Waals surface area contributed by atoms with Crippen molar-refractivity contribution in [1.82, 2.24) is 9.66 Å². The molecule has 9 heteroatoms. The van der Waals surface area contributed by atoms with Crippen LogP contribution in [0.2, 0.25) is 0 Å². The first-order valence-corrected chi connectivity index (χ1v) is 14.1. The van der Waals surface area contributed by atoms with Crippen LogP contribution in [0.3, 0.4) is 0 Å². The first kappa shape index (κ1) is 27.5. The number of ether oxygens (including phenoxy) is 2. The van der Waals surface area contributed by atoms with Crippen molar-refractivity contribution in [3.63, 3.8) is 0 Å². The van der Waals surface area contributed by atoms with Gasteiger partial charge in [-0.1, -0.05) is 59.6 Å². The van der Waals surface area contributed by atoms with E-state index in [2.05, 4.69) is 65.9 Å². The molecule has 0 aliphatic carbocycles. The maximum absolute atomic E-state index is 13.4. The average molecular weight is 692 g/mol. The summed E-state index contributed by atoms with van der Waals surface area (Å²) in [6.07, 6.45) is 2.44. The summed E-state index contributed by atoms with van der Waals surface area (Å²) in [5.74, 6) is 1.76. The fraction of sp³-hybridized carbons (Fsp3) is 0.250. The molecule has 6 nitrogen and oxygen atoms in total. The molecule has 4 rings (SSSR count). The van der Waals surface area contributed by atoms with Crippen molar-refractivity contribution in [3.8, 4) is 11.5 Å². The highest BCUT2D eigenvalue weighted by Gasteiger charge is 2.19. The Morgan fingerprint density at radius 1 is 1.11 bits per heavy atom. The highest BCUT2D eigenvalue weighted by molar-refractivity contribution is 9.13. The van der Waals surface area contributed by atoms with Crippen LogP contribution in [0.25, 0.3) is 10.9 Å². The summed E-state index contributed by atoms with van der Waals surface area (Å²) in [7, 11) is 1.59. The zero-order valence-corrected chi connectivity index (χ0v) is 25.6. The largest absolute Gasteiger partial charge is 0.493 e. The third-order valence-corrected chi connectivity index (χ3v) is 8.68. The Morgan fingerprint density at radius 3 is 2.59 bits per heavy atom. The summed E-state index contributed by atoms with van der Waals surface area (Å²) in [6, 6.07) is 15.5. The van der Waals surface area contributed by atoms with Crippen molar-refractivity contribution < 1.29 is 9.47 Å². The number of nitrogens with zero attached hydrogens (tertiary/aromatic N) is 3. The molecule has 0 radical (unpaired) electrons. The molecule has 0 aliphatic heterocycles. The Morgan fingerprint density at radius 2 is 1.89 bits per heavy atom. The molecule has 37 heavy (non-hydrogen) atoms. The first-order chi connectivity index (χ1) is 17.7. The monoisotopic (exact) mass is 689 g/mol. The van der Waals surface area contributed by atoms with Crippen LogP contribution >= 0.6 is 47.8 Å². The van der Waals surface area contributed by atoms with Crippen molar-refractivity contribution in [2.45, 2.75) is 39.7 Å². The number of hydrogen-bond acceptors (Lipinski definition) is 5. The Bertz CT molecular complexity index is 1550. The van der Waals surface area contributed by atoms with Gasteiger partial charge in [-0.05, 0) is 75.0 Å². The lowest BCUT2D eigenvalue weighted by Gasteiger charge is -2.16. The van der Waals surface area contributed by atoms with Crippen molar-refractivity contribution >= 4 is 64.9 Å². The molecule has 1 aromatic heterocycles. The maximum Gasteiger partial charge on any atom is 0.282 e. The van der Waals surface area contributed by atoms with E-state index < -0.39 is 0 Å². The number of halogens is 3. The SMILES string of the molecule is CC[C@@H](C)c1nc2ccc(Br)cc2c(=O)n1N=Cc1cc(OC)c(OCc2cccc(C)c2)c(Br)c1Br. The lowest BCUT2D eigenvalue weighted by molar-refractivity contribution is 0.282. The summed E-state index contributed by atoms with van der Waals surface area (Å²) in [6.45, 7) is 6.54. The fourth-order valence-corrected chi connectivity index (χ4v) is 5.14. The van der Waals surface area contributed by atoms with Crippen LogP contribution in [0.5, 0.6) is 11.5 Å². The Balaban J connectivity index is 1.75. The van der Waals surface area contributed by atoms with Crippen LogP contribution in [0.1, 0.15) is 48.7 Å². The van der Waals surface area contributed by atoms with Gasteiger partial charge in [0.05, 0.1) is 28.7 Å². The third-order valence-electron chi connectivity index (χ3n) is 6.04. The molecule has 0 fully saturated rings. The second kappa shape index (κ2) is 11.9. The maximum atomic E-state index is 13.4. The second-order valence-electron chi connectivity index (χ2n) is 8.71. The molecule has 1 atom stereocenters. The number of fused-ring (bicyclic) bond motifs is 1. The van der Waals surface area contributed by atoms with Gasteiger partial charge in [0.15, 0.2) is 11.5 Å². The minimum atomic E-state index is -0.224. The molecule has 3 aromatic carbocycles. The number of aryl methyl sites for hydroxylation is 1. The molecule has 0 bridgehead atoms. The van der Waals surface area contributed by atoms with Gasteiger partial charge in [-0.15, -0.1) is 0 Å². The first-order valence-electron chi connectivity index (χ1n) is 11.7. The number of methoxy groups -OCH3 is 1. The van der Waals surface area contributed by atoms with Crippen LogP contribution in [-0.4, -0.2) is 23.0 Å². The van der Waals surface area contributed by atoms with Crippen molar-refractivity contribution in [1.29, 1.82) is 0 Å². The lowest BCUT2D eigenvalue weighted by atomic mass is 10.1. The molecular weight excluding hydrogens is 666 g/mol. The highest BCUT2D eigenvalue weighted by Crippen LogP contribution is 2.42. The van der Waals surface area contributed by atoms with Crippen LogP contribution < -0.4 is 15.0 Å². The Hall–Kier alpha value is -2.49. The smallest absolute Gasteiger partial charge is 0.282 e. The van der Waals surface area contributed by atoms with Gasteiger partial charge in [0.2, 0.25) is 0 Å². The van der Waals surface area contributed by atoms with Gasteiger partial charge in [0.25, 0.3) is 5.56 Å². The molecule has 0 saturated carbocycles. The molecule has 1 heterocycles. The molecule has 0 N–H and O–H groups in total. The van der Waals surface area contributed by atoms with Gasteiger partial charge in [-0.3, -0.25) is 4.79 Å². The summed E-state index contributed by atoms with van der Waals surface area (Å²) >= 11 is 10.7. The van der Waals surface area contributed by atoms with Gasteiger partial charge in [0.1, 0.15) is 12.4 Å². The van der Waals surface area contributed by atoms with E-state index in [4.69, 9.17) is 14.5 Å². The minimum Gasteiger partial charge on any atom is -0.493 e. The zero-order chi connectivity index (χ0) is 26.7. The number of rotatable bonds is 8. The molecule has 0 amide bonds. The molecule has 0 saturated heterocycles. The van der Waals surface area contributed by atoms with Gasteiger partial charge in [-0.25, -0.2) is 4.98 Å². The van der Waals surface area contributed by atoms with Crippen LogP contribution in [0, 0.1) is 6.92 Å². The number of hydrogen-bond donors (Lipinski definition) is 0. The molecule has 4 aromatic rings. The number of aromatic nitrogens is 2. The summed E-state index contributed by atoms with van der Waals surface area (Å²) in [5.41, 5.74) is 3.36. The molecule has 0 aliphatic rings. The Labute approximate surface area is 241 Å². The molecular formula is C28H26Br3N3O3. The van der Waals surface area contributed by atoms with Gasteiger partial charge in [-0.2, -0.15) is 9.78 Å². The predicted octanol–water partition coefficient (Wildman–Crippen LogP) is 7.98. The van der Waals surface area contributed by atoms with Gasteiger partial charge in [0, 0.05) is 20.4 Å². The van der Waals surface area contributed by atoms with Crippen LogP contribution in [0.4, 0.5) is 0 Å². The van der Waals surface area contributed by atoms with Gasteiger partial charge >= 0.3 is 0 Å². The van der Waals surface area contributed by atoms with Crippen LogP contribution in [0.15, 0.2) is 71.8 Å². The number of benzene rings is 3. The Kier molecular flexibility index (Phi) is 8.87. The lowest BCUT2D eigenvalue weighted by Crippen LogP contribution is -2.23. The topological polar surface area (TPSA) is 65.7 Å². The van der Waals surface area contributed by atoms with E-state index in [-0.39, 0.29) is 11.5 Å². The minimum absolute atomic E-state index is 0.0417. The third kappa shape index (κ3) is 5.99. The predicted molar refractivity (Wildman–Crippen MR) is 159 cm³/mol. The fourth-order valence-electron chi connectivity index (χ4n) is 3.84. The standard InChI is InChI=1S/C28H26Br3N3O3/c1-5-17(3)27-33-22-10-9-20(29)13-21(22)28(35)34(27)32-14-19-12-23(36-4)26(25(31)24(19)30)37-15-18-8-6-7-16(2)11-18/h6-14,17H,5,15H2,1-4H3/t17-/m1/s1. The summed E-state index contributed by atoms with van der Waals surface area (Å²) in [5, 5.41) is 5.09. The van der Waals surface area contributed by atoms with E-state index in [1.54, 1.807) is 19.4 Å². The average Bonchev–Trinajstić information content (AvgIpc) is 2.89. The van der Waals surface area contributed by atoms with Crippen molar-refractivity contribution in [3.05, 3.63) is 94.8 Å². The molecule has 0 unspecified atom stereocenters. The van der Waals surface area contributed by atoms with Crippen molar-refractivity contribution in [2.24, 2.45) is 5.10 Å². The summed E-state index contributed by atoms with van der Waals surface area (Å²) < 4.78 is 15.4. The van der Waals surface area contributed by atoms with E-state index in [1.807, 2.05) is 50.2 Å². The van der Waals surface area contributed by atoms with E-state index in [0.717, 1.165) is 20.9 Å². The van der Waals surface area contributed by atoms with Crippen molar-refractivity contribution in [2.75, 3.05) is 7.11 Å². The normalized spacial score (nSPS) is 12.3. The highest BCUT2D eigenvalue weighted by atomic mass is 79.9. The second-order valence-corrected chi connectivity index (χ2v) is 11.2. The van der Waals surface area contributed by atoms with E-state index in [9.17, 15) is 4.79 Å². The van der Waals surface area contributed by atoms with Crippen LogP contribution in [-0.2, 0) is 6.61 Å². The van der Waals surface area contributed by atoms with E-state index in [1.165, 1.54) is 10.2 Å². The van der Waals surface area contributed by atoms with E-state index in [0.29, 0.717) is 44.9 Å². The van der Waals surface area contributed by atoms with Gasteiger partial charge < -0.3 is 9.47 Å². The molecule has 0 spiro atoms. The zero-order valence-electron chi connectivity index (χ0n) is 20.9. The molecule has 192 valence electrons. The van der Waals surface area contributed by atoms with E-state index >= 15 is 0 Å².